The Balaban J connectivity index is 2.14. The Morgan fingerprint density at radius 3 is 2.60 bits per heavy atom. The molecule has 0 aliphatic rings. The third-order valence-electron chi connectivity index (χ3n) is 3.12. The Kier molecular flexibility index (Phi) is 4.79. The van der Waals surface area contributed by atoms with Gasteiger partial charge in [-0.2, -0.15) is 0 Å². The molecule has 4 heteroatoms. The summed E-state index contributed by atoms with van der Waals surface area (Å²) in [4.78, 5) is 11.4. The Morgan fingerprint density at radius 1 is 1.25 bits per heavy atom. The summed E-state index contributed by atoms with van der Waals surface area (Å²) >= 11 is 3.46. The lowest BCUT2D eigenvalue weighted by Gasteiger charge is -2.16. The molecule has 3 nitrogen and oxygen atoms in total. The first kappa shape index (κ1) is 14.6. The minimum absolute atomic E-state index is 0.349. The maximum atomic E-state index is 11.4. The van der Waals surface area contributed by atoms with Gasteiger partial charge in [0.2, 0.25) is 0 Å². The molecular formula is C16H16BrNO2. The molecule has 104 valence electrons. The van der Waals surface area contributed by atoms with Gasteiger partial charge >= 0.3 is 5.97 Å². The van der Waals surface area contributed by atoms with Crippen LogP contribution in [0.1, 0.15) is 17.0 Å². The predicted molar refractivity (Wildman–Crippen MR) is 84.2 cm³/mol. The molecule has 0 aromatic heterocycles. The van der Waals surface area contributed by atoms with Crippen molar-refractivity contribution in [3.63, 3.8) is 0 Å². The molecule has 0 saturated carbocycles. The van der Waals surface area contributed by atoms with Crippen LogP contribution in [0.2, 0.25) is 0 Å². The van der Waals surface area contributed by atoms with Gasteiger partial charge in [-0.25, -0.2) is 0 Å². The van der Waals surface area contributed by atoms with Gasteiger partial charge in [0.25, 0.3) is 0 Å². The van der Waals surface area contributed by atoms with Crippen molar-refractivity contribution in [1.29, 1.82) is 0 Å². The highest BCUT2D eigenvalue weighted by Gasteiger charge is 2.19. The quantitative estimate of drug-likeness (QED) is 0.868. The van der Waals surface area contributed by atoms with Gasteiger partial charge in [0.15, 0.2) is 0 Å². The van der Waals surface area contributed by atoms with Crippen molar-refractivity contribution < 1.29 is 9.90 Å². The molecule has 1 unspecified atom stereocenters. The van der Waals surface area contributed by atoms with Crippen molar-refractivity contribution in [2.45, 2.75) is 12.8 Å². The first-order chi connectivity index (χ1) is 9.58. The summed E-state index contributed by atoms with van der Waals surface area (Å²) < 4.78 is 0.931. The van der Waals surface area contributed by atoms with E-state index in [-0.39, 0.29) is 0 Å². The number of anilines is 1. The molecule has 20 heavy (non-hydrogen) atoms. The number of benzene rings is 2. The minimum Gasteiger partial charge on any atom is -0.481 e. The fourth-order valence-corrected chi connectivity index (χ4v) is 2.41. The standard InChI is InChI=1S/C16H16BrNO2/c1-11-7-8-14(17)15(9-11)18-10-13(16(19)20)12-5-3-2-4-6-12/h2-9,13,18H,10H2,1H3,(H,19,20). The lowest BCUT2D eigenvalue weighted by Crippen LogP contribution is -2.21. The van der Waals surface area contributed by atoms with Crippen LogP contribution in [0, 0.1) is 6.92 Å². The van der Waals surface area contributed by atoms with Gasteiger partial charge in [0.05, 0.1) is 5.92 Å². The fourth-order valence-electron chi connectivity index (χ4n) is 2.02. The Hall–Kier alpha value is -1.81. The van der Waals surface area contributed by atoms with Gasteiger partial charge in [-0.05, 0) is 46.1 Å². The van der Waals surface area contributed by atoms with Crippen molar-refractivity contribution in [3.05, 3.63) is 64.1 Å². The molecule has 2 rings (SSSR count). The largest absolute Gasteiger partial charge is 0.481 e. The van der Waals surface area contributed by atoms with Crippen LogP contribution in [-0.4, -0.2) is 17.6 Å². The molecule has 0 spiro atoms. The van der Waals surface area contributed by atoms with Crippen LogP contribution in [0.5, 0.6) is 0 Å². The lowest BCUT2D eigenvalue weighted by molar-refractivity contribution is -0.138. The molecule has 0 bridgehead atoms. The summed E-state index contributed by atoms with van der Waals surface area (Å²) in [5.41, 5.74) is 2.84. The number of hydrogen-bond donors (Lipinski definition) is 2. The van der Waals surface area contributed by atoms with E-state index in [1.54, 1.807) is 0 Å². The van der Waals surface area contributed by atoms with Crippen molar-refractivity contribution in [2.24, 2.45) is 0 Å². The van der Waals surface area contributed by atoms with E-state index in [1.165, 1.54) is 0 Å². The van der Waals surface area contributed by atoms with Gasteiger partial charge in [-0.3, -0.25) is 4.79 Å². The molecule has 0 heterocycles. The molecule has 0 aliphatic heterocycles. The highest BCUT2D eigenvalue weighted by Crippen LogP contribution is 2.25. The number of carboxylic acid groups (broad SMARTS) is 1. The van der Waals surface area contributed by atoms with Crippen LogP contribution in [-0.2, 0) is 4.79 Å². The highest BCUT2D eigenvalue weighted by molar-refractivity contribution is 9.10. The van der Waals surface area contributed by atoms with Gasteiger partial charge in [0.1, 0.15) is 0 Å². The number of nitrogens with one attached hydrogen (secondary N) is 1. The maximum absolute atomic E-state index is 11.4. The number of rotatable bonds is 5. The lowest BCUT2D eigenvalue weighted by atomic mass is 9.99. The fraction of sp³-hybridized carbons (Fsp3) is 0.188. The van der Waals surface area contributed by atoms with Gasteiger partial charge in [-0.1, -0.05) is 36.4 Å². The predicted octanol–water partition coefficient (Wildman–Crippen LogP) is 4.04. The summed E-state index contributed by atoms with van der Waals surface area (Å²) in [5, 5.41) is 12.6. The molecule has 0 radical (unpaired) electrons. The minimum atomic E-state index is -0.826. The van der Waals surface area contributed by atoms with Crippen LogP contribution in [0.3, 0.4) is 0 Å². The van der Waals surface area contributed by atoms with Gasteiger partial charge < -0.3 is 10.4 Å². The van der Waals surface area contributed by atoms with E-state index in [9.17, 15) is 9.90 Å². The summed E-state index contributed by atoms with van der Waals surface area (Å²) in [6.45, 7) is 2.35. The average molecular weight is 334 g/mol. The first-order valence-electron chi connectivity index (χ1n) is 6.35. The third kappa shape index (κ3) is 3.61. The van der Waals surface area contributed by atoms with Crippen molar-refractivity contribution >= 4 is 27.6 Å². The highest BCUT2D eigenvalue weighted by atomic mass is 79.9. The van der Waals surface area contributed by atoms with Crippen molar-refractivity contribution in [1.82, 2.24) is 0 Å². The average Bonchev–Trinajstić information content (AvgIpc) is 2.43. The smallest absolute Gasteiger partial charge is 0.312 e. The van der Waals surface area contributed by atoms with E-state index in [0.717, 1.165) is 21.3 Å². The summed E-state index contributed by atoms with van der Waals surface area (Å²) in [5.74, 6) is -1.39. The zero-order valence-electron chi connectivity index (χ0n) is 11.1. The Labute approximate surface area is 126 Å². The molecule has 0 fully saturated rings. The molecule has 2 N–H and O–H groups in total. The summed E-state index contributed by atoms with van der Waals surface area (Å²) in [7, 11) is 0. The second-order valence-corrected chi connectivity index (χ2v) is 5.52. The first-order valence-corrected chi connectivity index (χ1v) is 7.15. The number of carboxylic acids is 1. The van der Waals surface area contributed by atoms with E-state index < -0.39 is 11.9 Å². The normalized spacial score (nSPS) is 11.9. The van der Waals surface area contributed by atoms with Crippen molar-refractivity contribution in [2.75, 3.05) is 11.9 Å². The molecule has 0 aliphatic carbocycles. The van der Waals surface area contributed by atoms with Crippen LogP contribution < -0.4 is 5.32 Å². The monoisotopic (exact) mass is 333 g/mol. The second-order valence-electron chi connectivity index (χ2n) is 4.67. The molecule has 2 aromatic rings. The number of carbonyl (C=O) groups is 1. The van der Waals surface area contributed by atoms with Gasteiger partial charge in [0, 0.05) is 16.7 Å². The number of aliphatic carboxylic acids is 1. The van der Waals surface area contributed by atoms with Crippen LogP contribution in [0.15, 0.2) is 53.0 Å². The van der Waals surface area contributed by atoms with Crippen molar-refractivity contribution in [3.8, 4) is 0 Å². The maximum Gasteiger partial charge on any atom is 0.312 e. The molecule has 0 amide bonds. The van der Waals surface area contributed by atoms with Crippen LogP contribution in [0.4, 0.5) is 5.69 Å². The molecule has 1 atom stereocenters. The molecule has 0 saturated heterocycles. The van der Waals surface area contributed by atoms with Crippen LogP contribution >= 0.6 is 15.9 Å². The topological polar surface area (TPSA) is 49.3 Å². The van der Waals surface area contributed by atoms with E-state index in [4.69, 9.17) is 0 Å². The zero-order chi connectivity index (χ0) is 14.5. The third-order valence-corrected chi connectivity index (χ3v) is 3.81. The Bertz CT molecular complexity index is 599. The van der Waals surface area contributed by atoms with Gasteiger partial charge in [-0.15, -0.1) is 0 Å². The summed E-state index contributed by atoms with van der Waals surface area (Å²) in [6, 6.07) is 15.2. The summed E-state index contributed by atoms with van der Waals surface area (Å²) in [6.07, 6.45) is 0. The van der Waals surface area contributed by atoms with E-state index in [2.05, 4.69) is 21.2 Å². The van der Waals surface area contributed by atoms with E-state index in [0.29, 0.717) is 6.54 Å². The Morgan fingerprint density at radius 2 is 1.95 bits per heavy atom. The molecular weight excluding hydrogens is 318 g/mol. The zero-order valence-corrected chi connectivity index (χ0v) is 12.7. The number of aryl methyl sites for hydroxylation is 1. The SMILES string of the molecule is Cc1ccc(Br)c(NCC(C(=O)O)c2ccccc2)c1. The van der Waals surface area contributed by atoms with E-state index >= 15 is 0 Å². The van der Waals surface area contributed by atoms with E-state index in [1.807, 2.05) is 55.5 Å². The number of halogens is 1. The number of hydrogen-bond acceptors (Lipinski definition) is 2. The second kappa shape index (κ2) is 6.57. The van der Waals surface area contributed by atoms with Crippen LogP contribution in [0.25, 0.3) is 0 Å². The molecule has 2 aromatic carbocycles.